The minimum absolute atomic E-state index is 0.0144. The Labute approximate surface area is 342 Å². The van der Waals surface area contributed by atoms with Crippen LogP contribution in [-0.2, 0) is 35.2 Å². The van der Waals surface area contributed by atoms with E-state index in [2.05, 4.69) is 117 Å². The molecule has 2 amide bonds. The minimum atomic E-state index is -1.30. The molecule has 51 heavy (non-hydrogen) atoms. The fraction of sp³-hybridized carbons (Fsp3) is 0.419. The van der Waals surface area contributed by atoms with Crippen molar-refractivity contribution in [1.82, 2.24) is 10.6 Å². The fourth-order valence-electron chi connectivity index (χ4n) is 5.51. The third-order valence-corrected chi connectivity index (χ3v) is 12.1. The molecular formula is C31H30Br6N4O10. The maximum atomic E-state index is 12.9. The summed E-state index contributed by atoms with van der Waals surface area (Å²) in [6.07, 6.45) is 0.371. The van der Waals surface area contributed by atoms with Gasteiger partial charge in [-0.1, -0.05) is 10.3 Å². The standard InChI is InChI=1S/C31H30Br6N4O10/c1-47-24-17(34)7-30(26(43)21(24)36)9-19(40-50-30)28(45)38-4-3-13-5-15(32)23(16(33)6-13)49-12-14(42)11-39-29(46)20-10-31(51-41-20)8-18(35)25(48-2)22(37)27(31)44/h5-8,14,26-27,42-44H,3-4,9-12H2,1-2H3,(H,38,45)(H,39,46)/t14-,26+,27+,30-,31-/m1/s1. The highest BCUT2D eigenvalue weighted by Gasteiger charge is 2.52. The van der Waals surface area contributed by atoms with Gasteiger partial charge in [0.05, 0.1) is 41.1 Å². The Morgan fingerprint density at radius 3 is 1.80 bits per heavy atom. The Kier molecular flexibility index (Phi) is 13.2. The molecule has 20 heteroatoms. The monoisotopic (exact) mass is 1090 g/mol. The van der Waals surface area contributed by atoms with Crippen LogP contribution in [0, 0.1) is 0 Å². The van der Waals surface area contributed by atoms with Crippen LogP contribution in [0.5, 0.6) is 5.75 Å². The van der Waals surface area contributed by atoms with E-state index in [0.29, 0.717) is 50.6 Å². The van der Waals surface area contributed by atoms with Gasteiger partial charge in [0, 0.05) is 25.9 Å². The topological polar surface area (TPSA) is 190 Å². The van der Waals surface area contributed by atoms with Gasteiger partial charge >= 0.3 is 0 Å². The van der Waals surface area contributed by atoms with E-state index in [1.807, 2.05) is 12.1 Å². The first-order valence-electron chi connectivity index (χ1n) is 15.0. The molecule has 5 atom stereocenters. The summed E-state index contributed by atoms with van der Waals surface area (Å²) in [5.41, 5.74) is -1.49. The van der Waals surface area contributed by atoms with Gasteiger partial charge in [-0.25, -0.2) is 0 Å². The number of methoxy groups -OCH3 is 2. The van der Waals surface area contributed by atoms with Crippen molar-refractivity contribution in [2.24, 2.45) is 10.3 Å². The second-order valence-electron chi connectivity index (χ2n) is 11.6. The van der Waals surface area contributed by atoms with Crippen molar-refractivity contribution in [3.05, 3.63) is 68.2 Å². The summed E-state index contributed by atoms with van der Waals surface area (Å²) in [6.45, 7) is 0.00846. The average Bonchev–Trinajstić information content (AvgIpc) is 3.71. The number of ether oxygens (including phenoxy) is 3. The Morgan fingerprint density at radius 2 is 1.33 bits per heavy atom. The van der Waals surface area contributed by atoms with Crippen LogP contribution in [0.1, 0.15) is 18.4 Å². The van der Waals surface area contributed by atoms with Crippen LogP contribution in [0.25, 0.3) is 0 Å². The predicted molar refractivity (Wildman–Crippen MR) is 207 cm³/mol. The van der Waals surface area contributed by atoms with Crippen LogP contribution in [0.4, 0.5) is 0 Å². The van der Waals surface area contributed by atoms with Crippen LogP contribution >= 0.6 is 95.6 Å². The number of nitrogens with one attached hydrogen (secondary N) is 2. The van der Waals surface area contributed by atoms with Crippen LogP contribution in [-0.4, -0.2) is 102 Å². The summed E-state index contributed by atoms with van der Waals surface area (Å²) in [4.78, 5) is 36.8. The highest BCUT2D eigenvalue weighted by atomic mass is 79.9. The summed E-state index contributed by atoms with van der Waals surface area (Å²) < 4.78 is 19.4. The zero-order chi connectivity index (χ0) is 37.2. The van der Waals surface area contributed by atoms with Crippen molar-refractivity contribution in [3.63, 3.8) is 0 Å². The molecule has 0 saturated heterocycles. The molecule has 0 fully saturated rings. The first-order chi connectivity index (χ1) is 24.1. The van der Waals surface area contributed by atoms with Crippen molar-refractivity contribution >= 4 is 119 Å². The molecule has 0 bridgehead atoms. The summed E-state index contributed by atoms with van der Waals surface area (Å²) in [5.74, 6) is 0.275. The molecule has 1 aromatic carbocycles. The number of hydrogen-bond donors (Lipinski definition) is 5. The number of halogens is 6. The molecule has 0 aromatic heterocycles. The number of amides is 2. The molecule has 0 unspecified atom stereocenters. The lowest BCUT2D eigenvalue weighted by atomic mass is 9.87. The summed E-state index contributed by atoms with van der Waals surface area (Å²) >= 11 is 20.5. The molecule has 2 aliphatic carbocycles. The number of aliphatic hydroxyl groups is 3. The zero-order valence-electron chi connectivity index (χ0n) is 26.6. The molecule has 5 rings (SSSR count). The summed E-state index contributed by atoms with van der Waals surface area (Å²) in [6, 6.07) is 3.65. The molecule has 0 radical (unpaired) electrons. The summed E-state index contributed by atoms with van der Waals surface area (Å²) in [5, 5.41) is 45.4. The highest BCUT2D eigenvalue weighted by molar-refractivity contribution is 9.12. The highest BCUT2D eigenvalue weighted by Crippen LogP contribution is 2.45. The number of carbonyl (C=O) groups excluding carboxylic acids is 2. The smallest absolute Gasteiger partial charge is 0.269 e. The number of allylic oxidation sites excluding steroid dienone is 2. The quantitative estimate of drug-likeness (QED) is 0.199. The number of carbonyl (C=O) groups is 2. The number of nitrogens with zero attached hydrogens (tertiary/aromatic N) is 2. The van der Waals surface area contributed by atoms with E-state index < -0.39 is 41.3 Å². The molecule has 0 saturated carbocycles. The number of aliphatic hydroxyl groups excluding tert-OH is 3. The number of benzene rings is 1. The Hall–Kier alpha value is -1.78. The van der Waals surface area contributed by atoms with E-state index in [1.54, 1.807) is 12.2 Å². The predicted octanol–water partition coefficient (Wildman–Crippen LogP) is 4.57. The van der Waals surface area contributed by atoms with Gasteiger partial charge in [-0.05, 0) is 132 Å². The molecule has 276 valence electrons. The molecule has 2 aliphatic heterocycles. The maximum Gasteiger partial charge on any atom is 0.269 e. The van der Waals surface area contributed by atoms with Gasteiger partial charge in [0.1, 0.15) is 53.6 Å². The van der Waals surface area contributed by atoms with Gasteiger partial charge in [-0.3, -0.25) is 9.59 Å². The maximum absolute atomic E-state index is 12.9. The second-order valence-corrected chi connectivity index (χ2v) is 16.8. The normalized spacial score (nSPS) is 26.2. The van der Waals surface area contributed by atoms with E-state index in [9.17, 15) is 24.9 Å². The van der Waals surface area contributed by atoms with E-state index in [4.69, 9.17) is 23.9 Å². The SMILES string of the molecule is COC1=C(Br)[C@H](O)[C@@]2(C=C1Br)CC(C(=O)NCCc1cc(Br)c(OC[C@H](O)CNC(=O)C3=NO[C@]4(C=C(Br)C(OC)=C(Br)[C@@H]4O)C3)c(Br)c1)=NO2. The molecule has 5 N–H and O–H groups in total. The molecule has 14 nitrogen and oxygen atoms in total. The van der Waals surface area contributed by atoms with Crippen LogP contribution in [0.15, 0.2) is 73.0 Å². The Bertz CT molecular complexity index is 1780. The first kappa shape index (κ1) is 40.4. The fourth-order valence-corrected chi connectivity index (χ4v) is 10.6. The lowest BCUT2D eigenvalue weighted by Crippen LogP contribution is -2.45. The molecule has 4 aliphatic rings. The van der Waals surface area contributed by atoms with Gasteiger partial charge in [-0.2, -0.15) is 0 Å². The van der Waals surface area contributed by atoms with Crippen molar-refractivity contribution in [3.8, 4) is 5.75 Å². The van der Waals surface area contributed by atoms with E-state index >= 15 is 0 Å². The van der Waals surface area contributed by atoms with Crippen LogP contribution < -0.4 is 15.4 Å². The van der Waals surface area contributed by atoms with Gasteiger partial charge < -0.3 is 49.8 Å². The lowest BCUT2D eigenvalue weighted by Gasteiger charge is -2.33. The van der Waals surface area contributed by atoms with Crippen LogP contribution in [0.3, 0.4) is 0 Å². The number of hydrogen-bond acceptors (Lipinski definition) is 12. The van der Waals surface area contributed by atoms with Gasteiger partial charge in [0.25, 0.3) is 11.8 Å². The van der Waals surface area contributed by atoms with Crippen molar-refractivity contribution in [2.75, 3.05) is 33.9 Å². The Balaban J connectivity index is 1.06. The molecule has 2 spiro atoms. The minimum Gasteiger partial charge on any atom is -0.495 e. The third-order valence-electron chi connectivity index (χ3n) is 8.16. The van der Waals surface area contributed by atoms with E-state index in [0.717, 1.165) is 5.56 Å². The van der Waals surface area contributed by atoms with Crippen molar-refractivity contribution in [1.29, 1.82) is 0 Å². The lowest BCUT2D eigenvalue weighted by molar-refractivity contribution is -0.116. The van der Waals surface area contributed by atoms with Gasteiger partial charge in [0.2, 0.25) is 0 Å². The molecule has 1 aromatic rings. The largest absolute Gasteiger partial charge is 0.495 e. The summed E-state index contributed by atoms with van der Waals surface area (Å²) in [7, 11) is 2.94. The Morgan fingerprint density at radius 1 is 0.863 bits per heavy atom. The van der Waals surface area contributed by atoms with E-state index in [-0.39, 0.29) is 44.0 Å². The van der Waals surface area contributed by atoms with E-state index in [1.165, 1.54) is 14.2 Å². The zero-order valence-corrected chi connectivity index (χ0v) is 36.2. The van der Waals surface area contributed by atoms with Crippen molar-refractivity contribution in [2.45, 2.75) is 48.8 Å². The third kappa shape index (κ3) is 8.48. The average molecular weight is 1100 g/mol. The molecule has 2 heterocycles. The molecular weight excluding hydrogens is 1070 g/mol. The number of oxime groups is 2. The second kappa shape index (κ2) is 16.7. The van der Waals surface area contributed by atoms with Crippen LogP contribution in [0.2, 0.25) is 0 Å². The van der Waals surface area contributed by atoms with Gasteiger partial charge in [0.15, 0.2) is 11.2 Å². The number of rotatable bonds is 12. The van der Waals surface area contributed by atoms with Gasteiger partial charge in [-0.15, -0.1) is 0 Å². The first-order valence-corrected chi connectivity index (χ1v) is 19.8. The van der Waals surface area contributed by atoms with Crippen molar-refractivity contribution < 1.29 is 48.8 Å².